The Kier molecular flexibility index (Phi) is 6.51. The normalized spacial score (nSPS) is 22.7. The number of fused-ring (bicyclic) bond motifs is 2. The maximum Gasteiger partial charge on any atom is 0.355 e. The molecule has 198 valence electrons. The molecule has 13 nitrogen and oxygen atoms in total. The molecular weight excluding hydrogens is 586 g/mol. The van der Waals surface area contributed by atoms with E-state index in [0.717, 1.165) is 0 Å². The van der Waals surface area contributed by atoms with E-state index in [4.69, 9.17) is 9.47 Å². The summed E-state index contributed by atoms with van der Waals surface area (Å²) in [6, 6.07) is 5.56. The predicted octanol–water partition coefficient (Wildman–Crippen LogP) is 2.00. The fourth-order valence-electron chi connectivity index (χ4n) is 4.38. The highest BCUT2D eigenvalue weighted by Crippen LogP contribution is 2.58. The number of β-lactam (4-membered cyclic amide) rings is 1. The third-order valence-corrected chi connectivity index (χ3v) is 9.05. The third-order valence-electron chi connectivity index (χ3n) is 6.36. The fraction of sp³-hybridized carbons (Fsp3) is 0.348. The standard InChI is InChI=1S/C23H20BrN5O8S/c1-12(30)37-19(15-7-27-9-18(31)26(2)8-17(27)25-15)23(24)21(33)28-16(11-38-22(23)28)20(32)36-10-13-3-5-14(6-4-13)29(34)35/h3-7,11,19,22H,8-10H2,1-2H3/t19?,22-,23?/m1/s1. The molecule has 38 heavy (non-hydrogen) atoms. The van der Waals surface area contributed by atoms with Gasteiger partial charge in [-0.15, -0.1) is 11.8 Å². The van der Waals surface area contributed by atoms with Crippen molar-refractivity contribution in [3.05, 3.63) is 68.8 Å². The van der Waals surface area contributed by atoms with Gasteiger partial charge in [0.1, 0.15) is 35.7 Å². The molecule has 0 bridgehead atoms. The number of carbonyl (C=O) groups is 4. The van der Waals surface area contributed by atoms with E-state index in [1.807, 2.05) is 0 Å². The van der Waals surface area contributed by atoms with E-state index < -0.39 is 38.6 Å². The number of imidazole rings is 1. The van der Waals surface area contributed by atoms with Crippen molar-refractivity contribution in [2.75, 3.05) is 7.05 Å². The minimum Gasteiger partial charge on any atom is -0.456 e. The molecule has 1 saturated heterocycles. The van der Waals surface area contributed by atoms with E-state index in [0.29, 0.717) is 17.1 Å². The van der Waals surface area contributed by atoms with Gasteiger partial charge in [0.05, 0.1) is 11.5 Å². The van der Waals surface area contributed by atoms with Crippen molar-refractivity contribution >= 4 is 57.1 Å². The van der Waals surface area contributed by atoms with Crippen LogP contribution < -0.4 is 0 Å². The number of esters is 2. The van der Waals surface area contributed by atoms with Gasteiger partial charge in [-0.2, -0.15) is 0 Å². The van der Waals surface area contributed by atoms with Crippen molar-refractivity contribution in [3.63, 3.8) is 0 Å². The number of hydrogen-bond acceptors (Lipinski definition) is 10. The highest BCUT2D eigenvalue weighted by Gasteiger charge is 2.69. The topological polar surface area (TPSA) is 154 Å². The number of nitrogens with zero attached hydrogens (tertiary/aromatic N) is 5. The molecule has 2 aromatic rings. The van der Waals surface area contributed by atoms with Gasteiger partial charge < -0.3 is 18.9 Å². The molecule has 3 atom stereocenters. The molecule has 2 unspecified atom stereocenters. The molecule has 1 fully saturated rings. The Morgan fingerprint density at radius 2 is 2.00 bits per heavy atom. The monoisotopic (exact) mass is 605 g/mol. The Hall–Kier alpha value is -3.72. The summed E-state index contributed by atoms with van der Waals surface area (Å²) in [7, 11) is 1.66. The number of alkyl halides is 1. The average molecular weight is 606 g/mol. The number of ether oxygens (including phenoxy) is 2. The van der Waals surface area contributed by atoms with Crippen LogP contribution in [0.5, 0.6) is 0 Å². The number of thioether (sulfide) groups is 1. The number of nitro benzene ring substituents is 1. The number of nitro groups is 1. The van der Waals surface area contributed by atoms with Gasteiger partial charge in [0, 0.05) is 37.7 Å². The lowest BCUT2D eigenvalue weighted by atomic mass is 9.89. The minimum atomic E-state index is -1.42. The summed E-state index contributed by atoms with van der Waals surface area (Å²) in [5.74, 6) is -1.40. The molecule has 4 heterocycles. The molecule has 0 radical (unpaired) electrons. The number of halogens is 1. The summed E-state index contributed by atoms with van der Waals surface area (Å²) in [5.41, 5.74) is 0.786. The van der Waals surface area contributed by atoms with Gasteiger partial charge in [-0.1, -0.05) is 15.9 Å². The van der Waals surface area contributed by atoms with Crippen LogP contribution in [0.25, 0.3) is 0 Å². The number of non-ortho nitro benzene ring substituents is 1. The number of carbonyl (C=O) groups excluding carboxylic acids is 4. The zero-order valence-corrected chi connectivity index (χ0v) is 22.4. The van der Waals surface area contributed by atoms with Crippen molar-refractivity contribution in [1.29, 1.82) is 0 Å². The van der Waals surface area contributed by atoms with Gasteiger partial charge in [-0.25, -0.2) is 9.78 Å². The van der Waals surface area contributed by atoms with Crippen LogP contribution in [0, 0.1) is 10.1 Å². The minimum absolute atomic E-state index is 0.0277. The van der Waals surface area contributed by atoms with Crippen LogP contribution in [0.2, 0.25) is 0 Å². The van der Waals surface area contributed by atoms with Gasteiger partial charge in [0.2, 0.25) is 5.91 Å². The highest BCUT2D eigenvalue weighted by molar-refractivity contribution is 9.10. The molecule has 3 aliphatic rings. The van der Waals surface area contributed by atoms with Crippen LogP contribution in [0.4, 0.5) is 5.69 Å². The molecule has 0 aliphatic carbocycles. The molecule has 0 N–H and O–H groups in total. The number of benzene rings is 1. The van der Waals surface area contributed by atoms with Crippen LogP contribution >= 0.6 is 27.7 Å². The zero-order chi connectivity index (χ0) is 27.4. The average Bonchev–Trinajstić information content (AvgIpc) is 3.48. The number of likely N-dealkylation sites (N-methyl/N-ethyl adjacent to an activating group) is 1. The van der Waals surface area contributed by atoms with E-state index in [1.165, 1.54) is 58.2 Å². The van der Waals surface area contributed by atoms with Crippen LogP contribution in [0.15, 0.2) is 41.6 Å². The van der Waals surface area contributed by atoms with E-state index in [2.05, 4.69) is 20.9 Å². The van der Waals surface area contributed by atoms with Crippen molar-refractivity contribution in [2.24, 2.45) is 0 Å². The maximum absolute atomic E-state index is 13.5. The van der Waals surface area contributed by atoms with Crippen LogP contribution in [0.1, 0.15) is 30.1 Å². The van der Waals surface area contributed by atoms with E-state index in [-0.39, 0.29) is 37.0 Å². The second kappa shape index (κ2) is 9.54. The predicted molar refractivity (Wildman–Crippen MR) is 134 cm³/mol. The highest BCUT2D eigenvalue weighted by atomic mass is 79.9. The number of amides is 2. The Balaban J connectivity index is 1.32. The van der Waals surface area contributed by atoms with Crippen LogP contribution in [-0.4, -0.2) is 64.8 Å². The summed E-state index contributed by atoms with van der Waals surface area (Å²) >= 11 is 4.69. The van der Waals surface area contributed by atoms with Gasteiger partial charge in [0.15, 0.2) is 10.4 Å². The third kappa shape index (κ3) is 4.24. The Morgan fingerprint density at radius 1 is 1.29 bits per heavy atom. The Bertz CT molecular complexity index is 1410. The molecule has 5 rings (SSSR count). The second-order valence-corrected chi connectivity index (χ2v) is 11.2. The zero-order valence-electron chi connectivity index (χ0n) is 20.0. The first kappa shape index (κ1) is 25.9. The quantitative estimate of drug-likeness (QED) is 0.150. The fourth-order valence-corrected chi connectivity index (χ4v) is 6.65. The van der Waals surface area contributed by atoms with Crippen LogP contribution in [-0.2, 0) is 48.3 Å². The van der Waals surface area contributed by atoms with Crippen molar-refractivity contribution in [1.82, 2.24) is 19.4 Å². The first-order valence-corrected chi connectivity index (χ1v) is 13.0. The number of aromatic nitrogens is 2. The van der Waals surface area contributed by atoms with Gasteiger partial charge >= 0.3 is 11.9 Å². The molecule has 0 spiro atoms. The Labute approximate surface area is 228 Å². The summed E-state index contributed by atoms with van der Waals surface area (Å²) in [6.45, 7) is 1.42. The lowest BCUT2D eigenvalue weighted by molar-refractivity contribution is -0.384. The van der Waals surface area contributed by atoms with Crippen molar-refractivity contribution in [3.8, 4) is 0 Å². The molecular formula is C23H20BrN5O8S. The first-order chi connectivity index (χ1) is 18.0. The van der Waals surface area contributed by atoms with Crippen molar-refractivity contribution in [2.45, 2.75) is 42.4 Å². The number of rotatable bonds is 7. The molecule has 15 heteroatoms. The largest absolute Gasteiger partial charge is 0.456 e. The summed E-state index contributed by atoms with van der Waals surface area (Å²) in [6.07, 6.45) is 0.475. The lowest BCUT2D eigenvalue weighted by Crippen LogP contribution is -2.70. The summed E-state index contributed by atoms with van der Waals surface area (Å²) in [5, 5.41) is 11.7. The van der Waals surface area contributed by atoms with Gasteiger partial charge in [-0.3, -0.25) is 29.4 Å². The molecule has 1 aromatic carbocycles. The van der Waals surface area contributed by atoms with E-state index >= 15 is 0 Å². The smallest absolute Gasteiger partial charge is 0.355 e. The van der Waals surface area contributed by atoms with Gasteiger partial charge in [-0.05, 0) is 17.7 Å². The Morgan fingerprint density at radius 3 is 2.66 bits per heavy atom. The van der Waals surface area contributed by atoms with E-state index in [9.17, 15) is 29.3 Å². The maximum atomic E-state index is 13.5. The molecule has 2 amide bonds. The second-order valence-electron chi connectivity index (χ2n) is 8.88. The first-order valence-electron chi connectivity index (χ1n) is 11.3. The molecule has 3 aliphatic heterocycles. The molecule has 1 aromatic heterocycles. The SMILES string of the molecule is CC(=O)OC(c1cn2c(n1)CN(C)C(=O)C2)C1(Br)C(=O)N2C(C(=O)OCc3ccc([N+](=O)[O-])cc3)=CS[C@@H]21. The van der Waals surface area contributed by atoms with Crippen molar-refractivity contribution < 1.29 is 33.6 Å². The molecule has 0 saturated carbocycles. The lowest BCUT2D eigenvalue weighted by Gasteiger charge is -2.51. The van der Waals surface area contributed by atoms with E-state index in [1.54, 1.807) is 17.8 Å². The van der Waals surface area contributed by atoms with Gasteiger partial charge in [0.25, 0.3) is 11.6 Å². The summed E-state index contributed by atoms with van der Waals surface area (Å²) < 4.78 is 11.1. The number of hydrogen-bond donors (Lipinski definition) is 0. The van der Waals surface area contributed by atoms with Crippen LogP contribution in [0.3, 0.4) is 0 Å². The summed E-state index contributed by atoms with van der Waals surface area (Å²) in [4.78, 5) is 68.0.